The van der Waals surface area contributed by atoms with Gasteiger partial charge in [0.05, 0.1) is 5.41 Å². The van der Waals surface area contributed by atoms with Gasteiger partial charge in [-0.05, 0) is 58.2 Å². The van der Waals surface area contributed by atoms with Gasteiger partial charge >= 0.3 is 0 Å². The Morgan fingerprint density at radius 3 is 1.84 bits per heavy atom. The third-order valence-corrected chi connectivity index (χ3v) is 10.4. The number of hydrogen-bond donors (Lipinski definition) is 1. The molecule has 2 aromatic rings. The molecule has 1 unspecified atom stereocenters. The van der Waals surface area contributed by atoms with E-state index in [1.54, 1.807) is 0 Å². The first-order valence-corrected chi connectivity index (χ1v) is 15.3. The van der Waals surface area contributed by atoms with Crippen molar-refractivity contribution in [2.45, 2.75) is 110 Å². The molecule has 0 aromatic heterocycles. The highest BCUT2D eigenvalue weighted by Gasteiger charge is 2.44. The predicted molar refractivity (Wildman–Crippen MR) is 167 cm³/mol. The second kappa shape index (κ2) is 10.9. The van der Waals surface area contributed by atoms with Crippen LogP contribution in [-0.2, 0) is 16.2 Å². The van der Waals surface area contributed by atoms with E-state index in [9.17, 15) is 5.41 Å². The average molecular weight is 517 g/mol. The molecule has 0 spiro atoms. The number of benzene rings is 2. The molecule has 0 fully saturated rings. The van der Waals surface area contributed by atoms with Gasteiger partial charge < -0.3 is 4.67 Å². The summed E-state index contributed by atoms with van der Waals surface area (Å²) in [7, 11) is -0.663. The molecule has 1 N–H and O–H groups in total. The fraction of sp³-hybridized carbons (Fsp3) is 0.500. The van der Waals surface area contributed by atoms with Crippen molar-refractivity contribution in [3.8, 4) is 0 Å². The molecule has 0 saturated carbocycles. The van der Waals surface area contributed by atoms with Gasteiger partial charge in [0.15, 0.2) is 0 Å². The lowest BCUT2D eigenvalue weighted by Gasteiger charge is -2.47. The summed E-state index contributed by atoms with van der Waals surface area (Å²) >= 11 is 0. The molecule has 0 radical (unpaired) electrons. The maximum Gasteiger partial charge on any atom is 0.119 e. The SMILES string of the molecule is CC1=CCC(C(=N)N(c2ccccc2C(C)(C)C)P(C(C)C)C(C)C)(c2ccccc2C(C)(C)C)C=C1. The Kier molecular flexibility index (Phi) is 8.65. The number of hydrogen-bond acceptors (Lipinski definition) is 1. The summed E-state index contributed by atoms with van der Waals surface area (Å²) in [4.78, 5) is 0. The minimum absolute atomic E-state index is 0.0249. The van der Waals surface area contributed by atoms with E-state index >= 15 is 0 Å². The first-order chi connectivity index (χ1) is 17.1. The molecule has 2 nitrogen and oxygen atoms in total. The lowest BCUT2D eigenvalue weighted by molar-refractivity contribution is 0.564. The fourth-order valence-corrected chi connectivity index (χ4v) is 8.61. The minimum Gasteiger partial charge on any atom is -0.307 e. The fourth-order valence-electron chi connectivity index (χ4n) is 5.66. The van der Waals surface area contributed by atoms with E-state index < -0.39 is 13.5 Å². The Morgan fingerprint density at radius 1 is 0.838 bits per heavy atom. The topological polar surface area (TPSA) is 27.1 Å². The number of nitrogens with one attached hydrogen (secondary N) is 1. The second-order valence-electron chi connectivity index (χ2n) is 13.2. The summed E-state index contributed by atoms with van der Waals surface area (Å²) in [5, 5.41) is 10.2. The van der Waals surface area contributed by atoms with Crippen molar-refractivity contribution in [1.82, 2.24) is 0 Å². The quantitative estimate of drug-likeness (QED) is 0.231. The van der Waals surface area contributed by atoms with Crippen molar-refractivity contribution >= 4 is 19.6 Å². The second-order valence-corrected chi connectivity index (χ2v) is 16.5. The third kappa shape index (κ3) is 5.96. The van der Waals surface area contributed by atoms with E-state index in [1.165, 1.54) is 28.0 Å². The molecule has 0 aliphatic heterocycles. The third-order valence-electron chi connectivity index (χ3n) is 7.46. The molecule has 3 heteroatoms. The molecular formula is C34H49N2P. The molecular weight excluding hydrogens is 467 g/mol. The molecule has 0 bridgehead atoms. The Morgan fingerprint density at radius 2 is 1.35 bits per heavy atom. The molecule has 37 heavy (non-hydrogen) atoms. The van der Waals surface area contributed by atoms with Gasteiger partial charge in [0.2, 0.25) is 0 Å². The molecule has 3 rings (SSSR count). The van der Waals surface area contributed by atoms with Gasteiger partial charge in [-0.1, -0.05) is 136 Å². The first kappa shape index (κ1) is 29.4. The molecule has 200 valence electrons. The van der Waals surface area contributed by atoms with Crippen LogP contribution in [0.5, 0.6) is 0 Å². The number of rotatable bonds is 6. The van der Waals surface area contributed by atoms with Crippen LogP contribution in [0, 0.1) is 5.41 Å². The highest BCUT2D eigenvalue weighted by Crippen LogP contribution is 2.56. The number of para-hydroxylation sites is 1. The monoisotopic (exact) mass is 516 g/mol. The molecule has 0 amide bonds. The molecule has 1 aliphatic carbocycles. The molecule has 1 aliphatic rings. The summed E-state index contributed by atoms with van der Waals surface area (Å²) in [6.45, 7) is 25.2. The van der Waals surface area contributed by atoms with Gasteiger partial charge in [-0.3, -0.25) is 5.41 Å². The van der Waals surface area contributed by atoms with Crippen LogP contribution < -0.4 is 4.67 Å². The summed E-state index contributed by atoms with van der Waals surface area (Å²) in [5.41, 5.74) is 6.66. The molecule has 0 saturated heterocycles. The van der Waals surface area contributed by atoms with E-state index in [0.717, 1.165) is 6.42 Å². The zero-order valence-corrected chi connectivity index (χ0v) is 26.0. The van der Waals surface area contributed by atoms with Crippen LogP contribution in [0.2, 0.25) is 0 Å². The lowest BCUT2D eigenvalue weighted by Crippen LogP contribution is -2.47. The zero-order valence-electron chi connectivity index (χ0n) is 25.1. The highest BCUT2D eigenvalue weighted by atomic mass is 31.1. The summed E-state index contributed by atoms with van der Waals surface area (Å²) in [6, 6.07) is 17.7. The summed E-state index contributed by atoms with van der Waals surface area (Å²) < 4.78 is 2.48. The van der Waals surface area contributed by atoms with Crippen LogP contribution >= 0.6 is 8.07 Å². The van der Waals surface area contributed by atoms with Crippen molar-refractivity contribution < 1.29 is 0 Å². The average Bonchev–Trinajstić information content (AvgIpc) is 2.81. The minimum atomic E-state index is -0.663. The molecule has 1 atom stereocenters. The van der Waals surface area contributed by atoms with E-state index in [0.29, 0.717) is 17.2 Å². The van der Waals surface area contributed by atoms with Gasteiger partial charge in [-0.2, -0.15) is 0 Å². The van der Waals surface area contributed by atoms with E-state index in [2.05, 4.69) is 148 Å². The van der Waals surface area contributed by atoms with Crippen LogP contribution in [0.15, 0.2) is 72.3 Å². The van der Waals surface area contributed by atoms with Gasteiger partial charge in [0.25, 0.3) is 0 Å². The van der Waals surface area contributed by atoms with Gasteiger partial charge in [-0.25, -0.2) is 0 Å². The zero-order chi connectivity index (χ0) is 27.8. The van der Waals surface area contributed by atoms with Crippen LogP contribution in [0.1, 0.15) is 99.3 Å². The molecule has 2 aromatic carbocycles. The van der Waals surface area contributed by atoms with E-state index in [4.69, 9.17) is 0 Å². The van der Waals surface area contributed by atoms with Crippen molar-refractivity contribution in [3.05, 3.63) is 89.0 Å². The molecule has 0 heterocycles. The van der Waals surface area contributed by atoms with Crippen LogP contribution in [0.4, 0.5) is 5.69 Å². The number of nitrogens with zero attached hydrogens (tertiary/aromatic N) is 1. The number of amidine groups is 1. The highest BCUT2D eigenvalue weighted by molar-refractivity contribution is 7.61. The number of anilines is 1. The maximum atomic E-state index is 10.2. The van der Waals surface area contributed by atoms with Crippen molar-refractivity contribution in [3.63, 3.8) is 0 Å². The Hall–Kier alpha value is -2.18. The summed E-state index contributed by atoms with van der Waals surface area (Å²) in [6.07, 6.45) is 7.69. The van der Waals surface area contributed by atoms with Crippen molar-refractivity contribution in [1.29, 1.82) is 5.41 Å². The normalized spacial score (nSPS) is 18.5. The maximum absolute atomic E-state index is 10.2. The summed E-state index contributed by atoms with van der Waals surface area (Å²) in [5.74, 6) is 0.703. The Balaban J connectivity index is 2.39. The Bertz CT molecular complexity index is 1160. The number of allylic oxidation sites excluding steroid dienone is 3. The van der Waals surface area contributed by atoms with E-state index in [1.807, 2.05) is 0 Å². The Labute approximate surface area is 228 Å². The van der Waals surface area contributed by atoms with Crippen molar-refractivity contribution in [2.24, 2.45) is 0 Å². The van der Waals surface area contributed by atoms with Crippen molar-refractivity contribution in [2.75, 3.05) is 4.67 Å². The predicted octanol–water partition coefficient (Wildman–Crippen LogP) is 10.1. The van der Waals surface area contributed by atoms with E-state index in [-0.39, 0.29) is 10.8 Å². The lowest BCUT2D eigenvalue weighted by atomic mass is 9.68. The smallest absolute Gasteiger partial charge is 0.119 e. The van der Waals surface area contributed by atoms with Crippen LogP contribution in [-0.4, -0.2) is 17.2 Å². The van der Waals surface area contributed by atoms with Gasteiger partial charge in [0, 0.05) is 13.8 Å². The van der Waals surface area contributed by atoms with Crippen LogP contribution in [0.3, 0.4) is 0 Å². The first-order valence-electron chi connectivity index (χ1n) is 13.8. The standard InChI is InChI=1S/C34H49N2P/c1-24(2)37(25(3)4)36(30-19-15-14-18-29(30)33(9,10)11)31(35)34(22-20-26(5)21-23-34)28-17-13-12-16-27(28)32(6,7)8/h12-22,24-25,35H,23H2,1-11H3. The van der Waals surface area contributed by atoms with Crippen LogP contribution in [0.25, 0.3) is 0 Å². The van der Waals surface area contributed by atoms with Gasteiger partial charge in [0.1, 0.15) is 5.84 Å². The van der Waals surface area contributed by atoms with Gasteiger partial charge in [-0.15, -0.1) is 0 Å². The largest absolute Gasteiger partial charge is 0.307 e.